The Bertz CT molecular complexity index is 516. The van der Waals surface area contributed by atoms with E-state index in [9.17, 15) is 13.0 Å². The van der Waals surface area contributed by atoms with E-state index in [2.05, 4.69) is 4.72 Å². The zero-order valence-electron chi connectivity index (χ0n) is 12.3. The van der Waals surface area contributed by atoms with E-state index >= 15 is 0 Å². The van der Waals surface area contributed by atoms with Crippen molar-refractivity contribution >= 4 is 11.3 Å². The van der Waals surface area contributed by atoms with Crippen LogP contribution in [0.25, 0.3) is 0 Å². The average Bonchev–Trinajstić information content (AvgIpc) is 2.49. The van der Waals surface area contributed by atoms with Crippen LogP contribution < -0.4 is 9.46 Å². The van der Waals surface area contributed by atoms with E-state index < -0.39 is 22.9 Å². The highest BCUT2D eigenvalue weighted by Crippen LogP contribution is 2.32. The lowest BCUT2D eigenvalue weighted by molar-refractivity contribution is 0.143. The highest BCUT2D eigenvalue weighted by molar-refractivity contribution is 7.77. The van der Waals surface area contributed by atoms with Gasteiger partial charge in [-0.15, -0.1) is 0 Å². The van der Waals surface area contributed by atoms with Gasteiger partial charge in [-0.05, 0) is 36.8 Å². The molecule has 4 nitrogen and oxygen atoms in total. The Morgan fingerprint density at radius 2 is 1.95 bits per heavy atom. The highest BCUT2D eigenvalue weighted by atomic mass is 32.2. The van der Waals surface area contributed by atoms with Gasteiger partial charge in [0.15, 0.2) is 11.6 Å². The van der Waals surface area contributed by atoms with Gasteiger partial charge < -0.3 is 4.74 Å². The molecule has 2 N–H and O–H groups in total. The Balaban J connectivity index is 1.85. The number of hydrogen-bond donors (Lipinski definition) is 2. The van der Waals surface area contributed by atoms with Crippen LogP contribution in [0.3, 0.4) is 0 Å². The molecule has 0 bridgehead atoms. The maximum atomic E-state index is 13.1. The van der Waals surface area contributed by atoms with Crippen LogP contribution in [0.1, 0.15) is 32.1 Å². The molecule has 1 aliphatic rings. The Morgan fingerprint density at radius 1 is 1.23 bits per heavy atom. The first-order chi connectivity index (χ1) is 10.6. The quantitative estimate of drug-likeness (QED) is 0.753. The summed E-state index contributed by atoms with van der Waals surface area (Å²) in [6, 6.07) is 3.54. The molecular weight excluding hydrogens is 312 g/mol. The van der Waals surface area contributed by atoms with E-state index in [1.165, 1.54) is 6.07 Å². The third-order valence-corrected chi connectivity index (χ3v) is 4.61. The summed E-state index contributed by atoms with van der Waals surface area (Å²) in [6.07, 6.45) is 5.16. The molecule has 1 aliphatic carbocycles. The number of ether oxygens (including phenoxy) is 1. The largest absolute Gasteiger partial charge is 0.493 e. The fraction of sp³-hybridized carbons (Fsp3) is 0.600. The molecule has 2 rings (SSSR count). The van der Waals surface area contributed by atoms with Crippen LogP contribution in [-0.2, 0) is 11.3 Å². The van der Waals surface area contributed by atoms with E-state index in [0.29, 0.717) is 30.7 Å². The molecule has 0 saturated heterocycles. The van der Waals surface area contributed by atoms with Gasteiger partial charge in [-0.1, -0.05) is 19.3 Å². The number of hydrogen-bond acceptors (Lipinski definition) is 2. The number of benzene rings is 1. The van der Waals surface area contributed by atoms with Crippen LogP contribution in [0.4, 0.5) is 8.78 Å². The minimum atomic E-state index is -1.98. The van der Waals surface area contributed by atoms with E-state index in [-0.39, 0.29) is 0 Å². The van der Waals surface area contributed by atoms with Crippen molar-refractivity contribution in [2.75, 3.05) is 13.2 Å². The summed E-state index contributed by atoms with van der Waals surface area (Å²) in [5.74, 6) is -0.720. The van der Waals surface area contributed by atoms with Gasteiger partial charge in [0.25, 0.3) is 0 Å². The van der Waals surface area contributed by atoms with Gasteiger partial charge in [-0.3, -0.25) is 4.55 Å². The molecule has 1 fully saturated rings. The van der Waals surface area contributed by atoms with Crippen molar-refractivity contribution in [3.8, 4) is 5.75 Å². The first kappa shape index (κ1) is 17.3. The van der Waals surface area contributed by atoms with Crippen LogP contribution in [0.5, 0.6) is 5.75 Å². The molecule has 1 aromatic carbocycles. The number of rotatable bonds is 7. The topological polar surface area (TPSA) is 58.6 Å². The number of nitrogens with one attached hydrogen (secondary N) is 1. The van der Waals surface area contributed by atoms with Gasteiger partial charge in [0.1, 0.15) is 5.75 Å². The van der Waals surface area contributed by atoms with Gasteiger partial charge in [0.2, 0.25) is 11.3 Å². The molecule has 22 heavy (non-hydrogen) atoms. The van der Waals surface area contributed by atoms with E-state index in [1.54, 1.807) is 0 Å². The Labute approximate surface area is 131 Å². The lowest BCUT2D eigenvalue weighted by Gasteiger charge is -2.31. The molecule has 3 atom stereocenters. The summed E-state index contributed by atoms with van der Waals surface area (Å²) in [4.78, 5) is 0. The van der Waals surface area contributed by atoms with E-state index in [4.69, 9.17) is 9.29 Å². The molecule has 0 aliphatic heterocycles. The maximum absolute atomic E-state index is 13.1. The summed E-state index contributed by atoms with van der Waals surface area (Å²) >= 11 is -1.98. The monoisotopic (exact) mass is 333 g/mol. The van der Waals surface area contributed by atoms with Crippen molar-refractivity contribution in [1.82, 2.24) is 4.72 Å². The summed E-state index contributed by atoms with van der Waals surface area (Å²) < 4.78 is 53.4. The SMILES string of the molecule is O=S(O)NCCC1CCCCC1COc1ccc(F)c(F)c1. The van der Waals surface area contributed by atoms with E-state index in [0.717, 1.165) is 44.2 Å². The molecule has 0 aromatic heterocycles. The van der Waals surface area contributed by atoms with Crippen molar-refractivity contribution < 1.29 is 22.3 Å². The normalized spacial score (nSPS) is 23.2. The Kier molecular flexibility index (Phi) is 6.72. The lowest BCUT2D eigenvalue weighted by Crippen LogP contribution is -2.29. The molecule has 1 saturated carbocycles. The minimum absolute atomic E-state index is 0.329. The van der Waals surface area contributed by atoms with Gasteiger partial charge in [-0.25, -0.2) is 17.7 Å². The molecule has 7 heteroatoms. The third-order valence-electron chi connectivity index (χ3n) is 4.16. The van der Waals surface area contributed by atoms with Crippen LogP contribution in [0, 0.1) is 23.5 Å². The van der Waals surface area contributed by atoms with Crippen LogP contribution >= 0.6 is 0 Å². The Morgan fingerprint density at radius 3 is 2.64 bits per heavy atom. The highest BCUT2D eigenvalue weighted by Gasteiger charge is 2.25. The molecule has 0 radical (unpaired) electrons. The molecule has 0 spiro atoms. The van der Waals surface area contributed by atoms with Crippen molar-refractivity contribution in [2.45, 2.75) is 32.1 Å². The molecule has 1 aromatic rings. The summed E-state index contributed by atoms with van der Waals surface area (Å²) in [5, 5.41) is 0. The van der Waals surface area contributed by atoms with Crippen molar-refractivity contribution in [2.24, 2.45) is 11.8 Å². The fourth-order valence-corrected chi connectivity index (χ4v) is 3.28. The van der Waals surface area contributed by atoms with Crippen molar-refractivity contribution in [3.63, 3.8) is 0 Å². The summed E-state index contributed by atoms with van der Waals surface area (Å²) in [5.41, 5.74) is 0. The fourth-order valence-electron chi connectivity index (χ4n) is 2.99. The standard InChI is InChI=1S/C15H21F2NO3S/c16-14-6-5-13(9-15(14)17)21-10-12-4-2-1-3-11(12)7-8-18-22(19)20/h5-6,9,11-12,18H,1-4,7-8,10H2,(H,19,20). The molecule has 3 unspecified atom stereocenters. The van der Waals surface area contributed by atoms with Crippen LogP contribution in [0.2, 0.25) is 0 Å². The zero-order chi connectivity index (χ0) is 15.9. The summed E-state index contributed by atoms with van der Waals surface area (Å²) in [6.45, 7) is 0.938. The minimum Gasteiger partial charge on any atom is -0.493 e. The summed E-state index contributed by atoms with van der Waals surface area (Å²) in [7, 11) is 0. The molecule has 0 amide bonds. The second kappa shape index (κ2) is 8.55. The lowest BCUT2D eigenvalue weighted by atomic mass is 9.78. The van der Waals surface area contributed by atoms with Crippen molar-refractivity contribution in [1.29, 1.82) is 0 Å². The first-order valence-electron chi connectivity index (χ1n) is 7.48. The second-order valence-corrected chi connectivity index (χ2v) is 6.41. The molecular formula is C15H21F2NO3S. The third kappa shape index (κ3) is 5.30. The predicted octanol–water partition coefficient (Wildman–Crippen LogP) is 3.27. The second-order valence-electron chi connectivity index (χ2n) is 5.62. The van der Waals surface area contributed by atoms with E-state index in [1.807, 2.05) is 0 Å². The molecule has 124 valence electrons. The van der Waals surface area contributed by atoms with Crippen molar-refractivity contribution in [3.05, 3.63) is 29.8 Å². The smallest absolute Gasteiger partial charge is 0.231 e. The predicted molar refractivity (Wildman–Crippen MR) is 80.7 cm³/mol. The number of halogens is 2. The Hall–Kier alpha value is -1.05. The van der Waals surface area contributed by atoms with Crippen LogP contribution in [0.15, 0.2) is 18.2 Å². The maximum Gasteiger partial charge on any atom is 0.231 e. The first-order valence-corrected chi connectivity index (χ1v) is 8.59. The average molecular weight is 333 g/mol. The van der Waals surface area contributed by atoms with Gasteiger partial charge >= 0.3 is 0 Å². The zero-order valence-corrected chi connectivity index (χ0v) is 13.1. The van der Waals surface area contributed by atoms with Gasteiger partial charge in [0.05, 0.1) is 6.61 Å². The van der Waals surface area contributed by atoms with Gasteiger partial charge in [-0.2, -0.15) is 0 Å². The van der Waals surface area contributed by atoms with Crippen LogP contribution in [-0.4, -0.2) is 21.9 Å². The van der Waals surface area contributed by atoms with Gasteiger partial charge in [0, 0.05) is 12.6 Å². The molecule has 0 heterocycles.